The van der Waals surface area contributed by atoms with Crippen molar-refractivity contribution < 1.29 is 9.53 Å². The first-order valence-electron chi connectivity index (χ1n) is 8.77. The number of thioether (sulfide) groups is 1. The molecular formula is C21H21ClN2O2S. The molecule has 1 fully saturated rings. The maximum absolute atomic E-state index is 12.3. The second-order valence-corrected chi connectivity index (χ2v) is 7.73. The van der Waals surface area contributed by atoms with Crippen LogP contribution in [0.2, 0.25) is 5.02 Å². The van der Waals surface area contributed by atoms with Gasteiger partial charge in [0.25, 0.3) is 5.91 Å². The normalized spacial score (nSPS) is 18.0. The largest absolute Gasteiger partial charge is 0.489 e. The third kappa shape index (κ3) is 4.93. The molecule has 1 amide bonds. The Morgan fingerprint density at radius 3 is 2.78 bits per heavy atom. The van der Waals surface area contributed by atoms with Gasteiger partial charge in [0.05, 0.1) is 21.7 Å². The molecule has 1 atom stereocenters. The first-order valence-corrected chi connectivity index (χ1v) is 9.97. The van der Waals surface area contributed by atoms with Gasteiger partial charge < -0.3 is 10.1 Å². The number of aryl methyl sites for hydroxylation is 1. The standard InChI is InChI=1S/C21H21ClN2O2S/c1-4-14(3)26-18-10-9-15(11-16(18)22)12-19-20(25)24-21(27-19)23-17-8-6-5-7-13(17)2/h5-12,14H,4H2,1-3H3,(H,23,24,25)/b19-12-/t14-/m0/s1. The van der Waals surface area contributed by atoms with Gasteiger partial charge in [-0.3, -0.25) is 4.79 Å². The number of para-hydroxylation sites is 1. The van der Waals surface area contributed by atoms with Crippen molar-refractivity contribution >= 4 is 46.2 Å². The maximum atomic E-state index is 12.3. The number of nitrogens with one attached hydrogen (secondary N) is 1. The van der Waals surface area contributed by atoms with Crippen molar-refractivity contribution in [3.05, 3.63) is 63.5 Å². The number of carbonyl (C=O) groups is 1. The number of carbonyl (C=O) groups excluding carboxylic acids is 1. The lowest BCUT2D eigenvalue weighted by Gasteiger charge is -2.14. The first kappa shape index (κ1) is 19.5. The van der Waals surface area contributed by atoms with Crippen molar-refractivity contribution in [3.8, 4) is 5.75 Å². The summed E-state index contributed by atoms with van der Waals surface area (Å²) in [5.74, 6) is 0.488. The predicted octanol–water partition coefficient (Wildman–Crippen LogP) is 5.72. The molecule has 27 heavy (non-hydrogen) atoms. The van der Waals surface area contributed by atoms with Crippen molar-refractivity contribution in [1.29, 1.82) is 0 Å². The molecule has 1 N–H and O–H groups in total. The zero-order chi connectivity index (χ0) is 19.4. The smallest absolute Gasteiger partial charge is 0.264 e. The summed E-state index contributed by atoms with van der Waals surface area (Å²) >= 11 is 7.64. The van der Waals surface area contributed by atoms with E-state index in [2.05, 4.69) is 17.2 Å². The lowest BCUT2D eigenvalue weighted by Crippen LogP contribution is -2.19. The average molecular weight is 401 g/mol. The number of ether oxygens (including phenoxy) is 1. The second-order valence-electron chi connectivity index (χ2n) is 6.29. The van der Waals surface area contributed by atoms with E-state index in [4.69, 9.17) is 16.3 Å². The Balaban J connectivity index is 1.78. The summed E-state index contributed by atoms with van der Waals surface area (Å²) in [6.45, 7) is 6.05. The fraction of sp³-hybridized carbons (Fsp3) is 0.238. The third-order valence-electron chi connectivity index (χ3n) is 4.15. The number of benzene rings is 2. The van der Waals surface area contributed by atoms with Crippen LogP contribution in [-0.4, -0.2) is 17.2 Å². The monoisotopic (exact) mass is 400 g/mol. The van der Waals surface area contributed by atoms with E-state index in [1.54, 1.807) is 12.1 Å². The molecule has 2 aromatic carbocycles. The Morgan fingerprint density at radius 1 is 1.30 bits per heavy atom. The molecule has 0 saturated carbocycles. The molecule has 1 saturated heterocycles. The number of amidine groups is 1. The number of rotatable bonds is 5. The van der Waals surface area contributed by atoms with Gasteiger partial charge in [-0.05, 0) is 67.4 Å². The van der Waals surface area contributed by atoms with E-state index in [1.807, 2.05) is 50.2 Å². The van der Waals surface area contributed by atoms with Crippen LogP contribution in [0, 0.1) is 6.92 Å². The molecular weight excluding hydrogens is 380 g/mol. The Hall–Kier alpha value is -2.24. The summed E-state index contributed by atoms with van der Waals surface area (Å²) < 4.78 is 5.78. The van der Waals surface area contributed by atoms with Crippen LogP contribution < -0.4 is 10.1 Å². The van der Waals surface area contributed by atoms with Crippen molar-refractivity contribution in [2.24, 2.45) is 4.99 Å². The van der Waals surface area contributed by atoms with Crippen LogP contribution in [0.1, 0.15) is 31.4 Å². The molecule has 3 rings (SSSR count). The van der Waals surface area contributed by atoms with Gasteiger partial charge >= 0.3 is 0 Å². The lowest BCUT2D eigenvalue weighted by atomic mass is 10.2. The molecule has 1 heterocycles. The van der Waals surface area contributed by atoms with Gasteiger partial charge in [-0.1, -0.05) is 42.8 Å². The zero-order valence-corrected chi connectivity index (χ0v) is 17.0. The quantitative estimate of drug-likeness (QED) is 0.653. The molecule has 0 unspecified atom stereocenters. The van der Waals surface area contributed by atoms with Crippen LogP contribution in [0.5, 0.6) is 5.75 Å². The van der Waals surface area contributed by atoms with E-state index < -0.39 is 0 Å². The molecule has 1 aliphatic heterocycles. The number of nitrogens with zero attached hydrogens (tertiary/aromatic N) is 1. The van der Waals surface area contributed by atoms with Crippen LogP contribution in [-0.2, 0) is 4.79 Å². The number of halogens is 1. The minimum Gasteiger partial charge on any atom is -0.489 e. The Labute approximate surface area is 168 Å². The fourth-order valence-electron chi connectivity index (χ4n) is 2.43. The highest BCUT2D eigenvalue weighted by Gasteiger charge is 2.24. The SMILES string of the molecule is CC[C@H](C)Oc1ccc(/C=C2\SC(=Nc3ccccc3C)NC2=O)cc1Cl. The number of hydrogen-bond donors (Lipinski definition) is 1. The number of amides is 1. The predicted molar refractivity (Wildman–Crippen MR) is 114 cm³/mol. The zero-order valence-electron chi connectivity index (χ0n) is 15.5. The van der Waals surface area contributed by atoms with Gasteiger partial charge in [0.1, 0.15) is 5.75 Å². The summed E-state index contributed by atoms with van der Waals surface area (Å²) in [6, 6.07) is 13.3. The summed E-state index contributed by atoms with van der Waals surface area (Å²) in [4.78, 5) is 17.4. The molecule has 0 bridgehead atoms. The summed E-state index contributed by atoms with van der Waals surface area (Å²) in [6.07, 6.45) is 2.81. The Morgan fingerprint density at radius 2 is 2.07 bits per heavy atom. The van der Waals surface area contributed by atoms with Crippen LogP contribution in [0.25, 0.3) is 6.08 Å². The molecule has 0 radical (unpaired) electrons. The summed E-state index contributed by atoms with van der Waals surface area (Å²) in [7, 11) is 0. The lowest BCUT2D eigenvalue weighted by molar-refractivity contribution is -0.115. The topological polar surface area (TPSA) is 50.7 Å². The minimum absolute atomic E-state index is 0.100. The van der Waals surface area contributed by atoms with Crippen molar-refractivity contribution in [2.75, 3.05) is 0 Å². The van der Waals surface area contributed by atoms with Gasteiger partial charge in [-0.2, -0.15) is 0 Å². The van der Waals surface area contributed by atoms with Crippen LogP contribution in [0.4, 0.5) is 5.69 Å². The van der Waals surface area contributed by atoms with Gasteiger partial charge in [0.2, 0.25) is 0 Å². The van der Waals surface area contributed by atoms with E-state index in [0.717, 1.165) is 23.2 Å². The molecule has 4 nitrogen and oxygen atoms in total. The van der Waals surface area contributed by atoms with Crippen LogP contribution in [0.15, 0.2) is 52.4 Å². The maximum Gasteiger partial charge on any atom is 0.264 e. The van der Waals surface area contributed by atoms with Crippen LogP contribution >= 0.6 is 23.4 Å². The van der Waals surface area contributed by atoms with E-state index >= 15 is 0 Å². The molecule has 2 aromatic rings. The van der Waals surface area contributed by atoms with Crippen molar-refractivity contribution in [2.45, 2.75) is 33.3 Å². The minimum atomic E-state index is -0.164. The Kier molecular flexibility index (Phi) is 6.24. The highest BCUT2D eigenvalue weighted by atomic mass is 35.5. The highest BCUT2D eigenvalue weighted by molar-refractivity contribution is 8.18. The molecule has 0 aromatic heterocycles. The molecule has 0 spiro atoms. The van der Waals surface area contributed by atoms with Crippen molar-refractivity contribution in [3.63, 3.8) is 0 Å². The van der Waals surface area contributed by atoms with Gasteiger partial charge in [0.15, 0.2) is 5.17 Å². The second kappa shape index (κ2) is 8.63. The van der Waals surface area contributed by atoms with E-state index in [0.29, 0.717) is 20.8 Å². The van der Waals surface area contributed by atoms with E-state index in [1.165, 1.54) is 11.8 Å². The highest BCUT2D eigenvalue weighted by Crippen LogP contribution is 2.31. The molecule has 6 heteroatoms. The van der Waals surface area contributed by atoms with Gasteiger partial charge in [-0.15, -0.1) is 0 Å². The van der Waals surface area contributed by atoms with E-state index in [9.17, 15) is 4.79 Å². The van der Waals surface area contributed by atoms with Gasteiger partial charge in [0, 0.05) is 0 Å². The van der Waals surface area contributed by atoms with Gasteiger partial charge in [-0.25, -0.2) is 4.99 Å². The summed E-state index contributed by atoms with van der Waals surface area (Å²) in [5.41, 5.74) is 2.74. The summed E-state index contributed by atoms with van der Waals surface area (Å²) in [5, 5.41) is 3.91. The average Bonchev–Trinajstić information content (AvgIpc) is 2.98. The first-order chi connectivity index (χ1) is 13.0. The third-order valence-corrected chi connectivity index (χ3v) is 5.35. The fourth-order valence-corrected chi connectivity index (χ4v) is 3.50. The molecule has 0 aliphatic carbocycles. The number of aliphatic imine (C=N–C) groups is 1. The van der Waals surface area contributed by atoms with E-state index in [-0.39, 0.29) is 12.0 Å². The molecule has 1 aliphatic rings. The van der Waals surface area contributed by atoms with Crippen LogP contribution in [0.3, 0.4) is 0 Å². The molecule has 140 valence electrons. The van der Waals surface area contributed by atoms with Crippen molar-refractivity contribution in [1.82, 2.24) is 5.32 Å². The number of hydrogen-bond acceptors (Lipinski definition) is 4. The Bertz CT molecular complexity index is 924.